The lowest BCUT2D eigenvalue weighted by Crippen LogP contribution is -2.45. The first-order valence-electron chi connectivity index (χ1n) is 8.90. The molecule has 0 atom stereocenters. The largest absolute Gasteiger partial charge is 0.482 e. The van der Waals surface area contributed by atoms with Crippen LogP contribution in [0.4, 0.5) is 5.69 Å². The number of ether oxygens (including phenoxy) is 2. The van der Waals surface area contributed by atoms with Crippen LogP contribution in [0.15, 0.2) is 23.6 Å². The minimum Gasteiger partial charge on any atom is -0.482 e. The Hall–Kier alpha value is -2.45. The van der Waals surface area contributed by atoms with Crippen LogP contribution >= 0.6 is 11.3 Å². The van der Waals surface area contributed by atoms with E-state index in [0.717, 1.165) is 29.1 Å². The number of methoxy groups -OCH3 is 1. The number of nitrogens with zero attached hydrogens (tertiary/aromatic N) is 2. The molecule has 0 saturated carbocycles. The van der Waals surface area contributed by atoms with Crippen LogP contribution in [0.1, 0.15) is 18.4 Å². The van der Waals surface area contributed by atoms with Crippen molar-refractivity contribution in [1.82, 2.24) is 10.3 Å². The predicted molar refractivity (Wildman–Crippen MR) is 104 cm³/mol. The maximum atomic E-state index is 12.3. The van der Waals surface area contributed by atoms with Crippen molar-refractivity contribution in [3.63, 3.8) is 0 Å². The third-order valence-corrected chi connectivity index (χ3v) is 5.05. The molecule has 2 aromatic rings. The number of thiazole rings is 1. The van der Waals surface area contributed by atoms with Gasteiger partial charge in [-0.2, -0.15) is 0 Å². The molecule has 0 fully saturated rings. The van der Waals surface area contributed by atoms with Gasteiger partial charge < -0.3 is 14.8 Å². The summed E-state index contributed by atoms with van der Waals surface area (Å²) in [6.45, 7) is 2.82. The Kier molecular flexibility index (Phi) is 6.41. The van der Waals surface area contributed by atoms with E-state index in [1.807, 2.05) is 23.6 Å². The lowest BCUT2D eigenvalue weighted by atomic mass is 10.1. The van der Waals surface area contributed by atoms with E-state index in [2.05, 4.69) is 17.2 Å². The van der Waals surface area contributed by atoms with Gasteiger partial charge in [0.05, 0.1) is 23.0 Å². The number of anilines is 1. The van der Waals surface area contributed by atoms with Crippen molar-refractivity contribution in [2.75, 3.05) is 38.3 Å². The molecule has 0 bridgehead atoms. The maximum absolute atomic E-state index is 12.3. The van der Waals surface area contributed by atoms with Crippen molar-refractivity contribution in [1.29, 1.82) is 0 Å². The number of benzene rings is 1. The molecule has 1 aliphatic heterocycles. The number of aryl methyl sites for hydroxylation is 1. The molecule has 0 radical (unpaired) electrons. The van der Waals surface area contributed by atoms with Crippen molar-refractivity contribution in [2.24, 2.45) is 0 Å². The Morgan fingerprint density at radius 3 is 3.07 bits per heavy atom. The zero-order valence-corrected chi connectivity index (χ0v) is 16.3. The van der Waals surface area contributed by atoms with Crippen molar-refractivity contribution in [3.8, 4) is 17.0 Å². The minimum atomic E-state index is -0.244. The highest BCUT2D eigenvalue weighted by Gasteiger charge is 2.28. The number of rotatable bonds is 8. The zero-order chi connectivity index (χ0) is 19.2. The van der Waals surface area contributed by atoms with E-state index in [1.54, 1.807) is 18.4 Å². The Morgan fingerprint density at radius 1 is 1.44 bits per heavy atom. The fourth-order valence-corrected chi connectivity index (χ4v) is 3.71. The maximum Gasteiger partial charge on any atom is 0.265 e. The van der Waals surface area contributed by atoms with E-state index in [9.17, 15) is 9.59 Å². The van der Waals surface area contributed by atoms with Gasteiger partial charge in [-0.3, -0.25) is 14.5 Å². The second-order valence-electron chi connectivity index (χ2n) is 6.17. The standard InChI is InChI=1S/C19H23N3O4S/c1-3-4-18-21-14(12-27-18)13-5-6-16-15(9-13)22(19(24)11-26-16)10-17(23)20-7-8-25-2/h5-6,9,12H,3-4,7-8,10-11H2,1-2H3,(H,20,23). The highest BCUT2D eigenvalue weighted by molar-refractivity contribution is 7.09. The van der Waals surface area contributed by atoms with E-state index < -0.39 is 0 Å². The molecule has 1 aliphatic rings. The van der Waals surface area contributed by atoms with Crippen LogP contribution in [0.2, 0.25) is 0 Å². The van der Waals surface area contributed by atoms with E-state index in [4.69, 9.17) is 9.47 Å². The van der Waals surface area contributed by atoms with E-state index >= 15 is 0 Å². The molecule has 1 aromatic heterocycles. The molecule has 0 spiro atoms. The van der Waals surface area contributed by atoms with E-state index in [1.165, 1.54) is 4.90 Å². The average Bonchev–Trinajstić information content (AvgIpc) is 3.13. The van der Waals surface area contributed by atoms with Gasteiger partial charge in [-0.15, -0.1) is 11.3 Å². The molecule has 3 rings (SSSR count). The lowest BCUT2D eigenvalue weighted by molar-refractivity contribution is -0.125. The second-order valence-corrected chi connectivity index (χ2v) is 7.11. The first-order chi connectivity index (χ1) is 13.1. The molecule has 0 aliphatic carbocycles. The van der Waals surface area contributed by atoms with Gasteiger partial charge >= 0.3 is 0 Å². The first-order valence-corrected chi connectivity index (χ1v) is 9.78. The monoisotopic (exact) mass is 389 g/mol. The molecule has 27 heavy (non-hydrogen) atoms. The number of carbonyl (C=O) groups is 2. The number of nitrogens with one attached hydrogen (secondary N) is 1. The topological polar surface area (TPSA) is 80.8 Å². The fourth-order valence-electron chi connectivity index (χ4n) is 2.80. The molecule has 8 heteroatoms. The summed E-state index contributed by atoms with van der Waals surface area (Å²) in [5.41, 5.74) is 2.36. The average molecular weight is 389 g/mol. The van der Waals surface area contributed by atoms with Gasteiger partial charge in [0.2, 0.25) is 5.91 Å². The van der Waals surface area contributed by atoms with Crippen LogP contribution in [0.25, 0.3) is 11.3 Å². The number of hydrogen-bond acceptors (Lipinski definition) is 6. The molecule has 0 saturated heterocycles. The molecule has 1 aromatic carbocycles. The third-order valence-electron chi connectivity index (χ3n) is 4.14. The fraction of sp³-hybridized carbons (Fsp3) is 0.421. The Balaban J connectivity index is 1.82. The summed E-state index contributed by atoms with van der Waals surface area (Å²) in [5, 5.41) is 5.84. The van der Waals surface area contributed by atoms with Gasteiger partial charge in [-0.1, -0.05) is 6.92 Å². The van der Waals surface area contributed by atoms with Gasteiger partial charge in [0.25, 0.3) is 5.91 Å². The molecule has 7 nitrogen and oxygen atoms in total. The smallest absolute Gasteiger partial charge is 0.265 e. The van der Waals surface area contributed by atoms with Gasteiger partial charge in [-0.25, -0.2) is 4.98 Å². The van der Waals surface area contributed by atoms with Crippen molar-refractivity contribution >= 4 is 28.8 Å². The molecule has 144 valence electrons. The van der Waals surface area contributed by atoms with Gasteiger partial charge in [0, 0.05) is 24.6 Å². The summed E-state index contributed by atoms with van der Waals surface area (Å²) < 4.78 is 10.4. The van der Waals surface area contributed by atoms with Crippen LogP contribution in [-0.4, -0.2) is 50.2 Å². The summed E-state index contributed by atoms with van der Waals surface area (Å²) in [7, 11) is 1.57. The van der Waals surface area contributed by atoms with Crippen LogP contribution in [-0.2, 0) is 20.7 Å². The summed E-state index contributed by atoms with van der Waals surface area (Å²) in [5.74, 6) is 0.107. The number of hydrogen-bond donors (Lipinski definition) is 1. The zero-order valence-electron chi connectivity index (χ0n) is 15.5. The first kappa shape index (κ1) is 19.3. The van der Waals surface area contributed by atoms with E-state index in [0.29, 0.717) is 24.6 Å². The Morgan fingerprint density at radius 2 is 2.30 bits per heavy atom. The van der Waals surface area contributed by atoms with Gasteiger partial charge in [-0.05, 0) is 31.0 Å². The van der Waals surface area contributed by atoms with Crippen LogP contribution in [0.5, 0.6) is 5.75 Å². The highest BCUT2D eigenvalue weighted by atomic mass is 32.1. The van der Waals surface area contributed by atoms with Crippen LogP contribution in [0.3, 0.4) is 0 Å². The summed E-state index contributed by atoms with van der Waals surface area (Å²) >= 11 is 1.63. The summed E-state index contributed by atoms with van der Waals surface area (Å²) in [6, 6.07) is 5.61. The quantitative estimate of drug-likeness (QED) is 0.701. The summed E-state index contributed by atoms with van der Waals surface area (Å²) in [6.07, 6.45) is 2.00. The number of aromatic nitrogens is 1. The van der Waals surface area contributed by atoms with Crippen molar-refractivity contribution in [2.45, 2.75) is 19.8 Å². The van der Waals surface area contributed by atoms with Crippen LogP contribution < -0.4 is 15.0 Å². The molecule has 0 unspecified atom stereocenters. The normalized spacial score (nSPS) is 13.3. The van der Waals surface area contributed by atoms with Gasteiger partial charge in [0.1, 0.15) is 12.3 Å². The molecule has 2 amide bonds. The molecular formula is C19H23N3O4S. The Labute approximate surface area is 162 Å². The van der Waals surface area contributed by atoms with Crippen LogP contribution in [0, 0.1) is 0 Å². The molecular weight excluding hydrogens is 366 g/mol. The third kappa shape index (κ3) is 4.64. The van der Waals surface area contributed by atoms with E-state index in [-0.39, 0.29) is 25.0 Å². The van der Waals surface area contributed by atoms with Crippen molar-refractivity contribution in [3.05, 3.63) is 28.6 Å². The molecule has 1 N–H and O–H groups in total. The highest BCUT2D eigenvalue weighted by Crippen LogP contribution is 2.36. The number of amides is 2. The summed E-state index contributed by atoms with van der Waals surface area (Å²) in [4.78, 5) is 30.6. The van der Waals surface area contributed by atoms with Gasteiger partial charge in [0.15, 0.2) is 6.61 Å². The Bertz CT molecular complexity index is 821. The second kappa shape index (κ2) is 8.96. The lowest BCUT2D eigenvalue weighted by Gasteiger charge is -2.29. The van der Waals surface area contributed by atoms with Crippen molar-refractivity contribution < 1.29 is 19.1 Å². The predicted octanol–water partition coefficient (Wildman–Crippen LogP) is 2.25. The minimum absolute atomic E-state index is 0.0550. The number of carbonyl (C=O) groups excluding carboxylic acids is 2. The number of fused-ring (bicyclic) bond motifs is 1. The molecule has 2 heterocycles. The SMILES string of the molecule is CCCc1nc(-c2ccc3c(c2)N(CC(=O)NCCOC)C(=O)CO3)cs1.